The lowest BCUT2D eigenvalue weighted by Gasteiger charge is -2.36. The van der Waals surface area contributed by atoms with Crippen molar-refractivity contribution in [2.75, 3.05) is 36.0 Å². The van der Waals surface area contributed by atoms with Crippen molar-refractivity contribution in [3.05, 3.63) is 47.2 Å². The van der Waals surface area contributed by atoms with Crippen molar-refractivity contribution in [1.82, 2.24) is 29.9 Å². The van der Waals surface area contributed by atoms with Crippen LogP contribution in [0.1, 0.15) is 29.2 Å². The zero-order valence-corrected chi connectivity index (χ0v) is 16.3. The second-order valence-corrected chi connectivity index (χ2v) is 7.50. The molecule has 144 valence electrons. The van der Waals surface area contributed by atoms with Crippen LogP contribution >= 0.6 is 0 Å². The first-order valence-corrected chi connectivity index (χ1v) is 9.90. The van der Waals surface area contributed by atoms with E-state index in [0.29, 0.717) is 0 Å². The largest absolute Gasteiger partial charge is 0.353 e. The van der Waals surface area contributed by atoms with Gasteiger partial charge < -0.3 is 9.80 Å². The Morgan fingerprint density at radius 2 is 1.57 bits per heavy atom. The average Bonchev–Trinajstić information content (AvgIpc) is 3.36. The minimum Gasteiger partial charge on any atom is -0.353 e. The van der Waals surface area contributed by atoms with E-state index in [9.17, 15) is 0 Å². The van der Waals surface area contributed by atoms with E-state index in [4.69, 9.17) is 4.98 Å². The molecule has 5 rings (SSSR count). The van der Waals surface area contributed by atoms with Crippen molar-refractivity contribution in [3.63, 3.8) is 0 Å². The molecule has 1 aliphatic carbocycles. The lowest BCUT2D eigenvalue weighted by atomic mass is 10.2. The van der Waals surface area contributed by atoms with Gasteiger partial charge in [0.1, 0.15) is 11.6 Å². The quantitative estimate of drug-likeness (QED) is 0.691. The summed E-state index contributed by atoms with van der Waals surface area (Å²) in [6.07, 6.45) is 5.28. The highest BCUT2D eigenvalue weighted by Gasteiger charge is 2.25. The van der Waals surface area contributed by atoms with E-state index < -0.39 is 0 Å². The molecule has 0 unspecified atom stereocenters. The Balaban J connectivity index is 1.29. The molecule has 0 aromatic carbocycles. The Bertz CT molecular complexity index is 986. The lowest BCUT2D eigenvalue weighted by Crippen LogP contribution is -2.47. The van der Waals surface area contributed by atoms with Gasteiger partial charge in [-0.05, 0) is 51.3 Å². The van der Waals surface area contributed by atoms with E-state index >= 15 is 0 Å². The maximum Gasteiger partial charge on any atom is 0.175 e. The Morgan fingerprint density at radius 1 is 0.821 bits per heavy atom. The summed E-state index contributed by atoms with van der Waals surface area (Å²) in [6.45, 7) is 7.65. The van der Waals surface area contributed by atoms with Crippen molar-refractivity contribution in [1.29, 1.82) is 0 Å². The van der Waals surface area contributed by atoms with Gasteiger partial charge in [-0.1, -0.05) is 0 Å². The van der Waals surface area contributed by atoms with E-state index in [-0.39, 0.29) is 0 Å². The van der Waals surface area contributed by atoms with Crippen LogP contribution in [0.5, 0.6) is 0 Å². The van der Waals surface area contributed by atoms with Crippen LogP contribution in [-0.2, 0) is 12.8 Å². The normalized spacial score (nSPS) is 16.5. The monoisotopic (exact) mass is 376 g/mol. The molecule has 0 bridgehead atoms. The fraction of sp³-hybridized carbons (Fsp3) is 0.450. The Labute approximate surface area is 164 Å². The first-order valence-electron chi connectivity index (χ1n) is 9.90. The lowest BCUT2D eigenvalue weighted by molar-refractivity contribution is 0.632. The second-order valence-electron chi connectivity index (χ2n) is 7.50. The molecule has 0 atom stereocenters. The van der Waals surface area contributed by atoms with Gasteiger partial charge >= 0.3 is 0 Å². The number of piperazine rings is 1. The molecule has 3 aromatic heterocycles. The number of nitrogens with zero attached hydrogens (tertiary/aromatic N) is 8. The van der Waals surface area contributed by atoms with Gasteiger partial charge in [-0.15, -0.1) is 10.2 Å². The molecule has 28 heavy (non-hydrogen) atoms. The fourth-order valence-corrected chi connectivity index (χ4v) is 4.09. The molecule has 1 aliphatic heterocycles. The van der Waals surface area contributed by atoms with E-state index in [1.807, 2.05) is 38.2 Å². The molecule has 0 spiro atoms. The first-order chi connectivity index (χ1) is 13.7. The number of anilines is 2. The highest BCUT2D eigenvalue weighted by molar-refractivity contribution is 5.53. The molecule has 3 aromatic rings. The molecular formula is C20H24N8. The third-order valence-corrected chi connectivity index (χ3v) is 5.52. The zero-order valence-electron chi connectivity index (χ0n) is 16.3. The SMILES string of the molecule is Cc1ccn(-c2ccc(N3CCN(c4nc(C)nc5c4CCC5)CC3)nn2)n1. The van der Waals surface area contributed by atoms with Crippen LogP contribution in [0.25, 0.3) is 5.82 Å². The van der Waals surface area contributed by atoms with Crippen LogP contribution in [0.15, 0.2) is 24.4 Å². The van der Waals surface area contributed by atoms with Gasteiger partial charge in [0.15, 0.2) is 11.6 Å². The summed E-state index contributed by atoms with van der Waals surface area (Å²) >= 11 is 0. The number of aryl methyl sites for hydroxylation is 3. The van der Waals surface area contributed by atoms with Crippen LogP contribution in [0, 0.1) is 13.8 Å². The maximum absolute atomic E-state index is 4.77. The average molecular weight is 376 g/mol. The first kappa shape index (κ1) is 17.1. The van der Waals surface area contributed by atoms with E-state index in [1.54, 1.807) is 4.68 Å². The van der Waals surface area contributed by atoms with Gasteiger partial charge in [-0.2, -0.15) is 5.10 Å². The van der Waals surface area contributed by atoms with Gasteiger partial charge in [0.25, 0.3) is 0 Å². The van der Waals surface area contributed by atoms with Gasteiger partial charge in [0, 0.05) is 43.6 Å². The molecule has 8 nitrogen and oxygen atoms in total. The number of fused-ring (bicyclic) bond motifs is 1. The molecular weight excluding hydrogens is 352 g/mol. The van der Waals surface area contributed by atoms with Crippen LogP contribution in [0.2, 0.25) is 0 Å². The van der Waals surface area contributed by atoms with Gasteiger partial charge in [-0.25, -0.2) is 14.6 Å². The highest BCUT2D eigenvalue weighted by Crippen LogP contribution is 2.29. The molecule has 0 amide bonds. The molecule has 8 heteroatoms. The van der Waals surface area contributed by atoms with Crippen molar-refractivity contribution in [2.45, 2.75) is 33.1 Å². The number of rotatable bonds is 3. The Hall–Kier alpha value is -3.03. The molecule has 0 radical (unpaired) electrons. The Kier molecular flexibility index (Phi) is 4.18. The van der Waals surface area contributed by atoms with E-state index in [1.165, 1.54) is 17.7 Å². The van der Waals surface area contributed by atoms with Crippen molar-refractivity contribution < 1.29 is 0 Å². The summed E-state index contributed by atoms with van der Waals surface area (Å²) in [5.74, 6) is 3.68. The summed E-state index contributed by atoms with van der Waals surface area (Å²) in [5, 5.41) is 13.2. The summed E-state index contributed by atoms with van der Waals surface area (Å²) < 4.78 is 1.75. The number of aromatic nitrogens is 6. The van der Waals surface area contributed by atoms with Gasteiger partial charge in [-0.3, -0.25) is 0 Å². The maximum atomic E-state index is 4.77. The van der Waals surface area contributed by atoms with E-state index in [0.717, 1.165) is 68.0 Å². The minimum atomic E-state index is 0.738. The molecule has 1 fully saturated rings. The topological polar surface area (TPSA) is 75.9 Å². The summed E-state index contributed by atoms with van der Waals surface area (Å²) in [7, 11) is 0. The van der Waals surface area contributed by atoms with E-state index in [2.05, 4.69) is 30.1 Å². The molecule has 0 saturated carbocycles. The predicted molar refractivity (Wildman–Crippen MR) is 107 cm³/mol. The zero-order chi connectivity index (χ0) is 19.1. The third-order valence-electron chi connectivity index (χ3n) is 5.52. The summed E-state index contributed by atoms with van der Waals surface area (Å²) in [5.41, 5.74) is 3.58. The standard InChI is InChI=1S/C20H24N8/c1-14-8-9-28(25-14)19-7-6-18(23-24-19)26-10-12-27(13-11-26)20-16-4-3-5-17(16)21-15(2)22-20/h6-9H,3-5,10-13H2,1-2H3. The van der Waals surface area contributed by atoms with Crippen LogP contribution in [0.3, 0.4) is 0 Å². The smallest absolute Gasteiger partial charge is 0.175 e. The minimum absolute atomic E-state index is 0.738. The molecule has 4 heterocycles. The second kappa shape index (κ2) is 6.85. The van der Waals surface area contributed by atoms with Crippen molar-refractivity contribution >= 4 is 11.6 Å². The van der Waals surface area contributed by atoms with Gasteiger partial charge in [0.2, 0.25) is 0 Å². The fourth-order valence-electron chi connectivity index (χ4n) is 4.09. The summed E-state index contributed by atoms with van der Waals surface area (Å²) in [4.78, 5) is 14.1. The van der Waals surface area contributed by atoms with Crippen molar-refractivity contribution in [3.8, 4) is 5.82 Å². The highest BCUT2D eigenvalue weighted by atomic mass is 15.4. The molecule has 0 N–H and O–H groups in total. The van der Waals surface area contributed by atoms with Crippen LogP contribution in [-0.4, -0.2) is 56.1 Å². The third kappa shape index (κ3) is 3.08. The number of hydrogen-bond donors (Lipinski definition) is 0. The van der Waals surface area contributed by atoms with Crippen LogP contribution < -0.4 is 9.80 Å². The molecule has 2 aliphatic rings. The number of hydrogen-bond acceptors (Lipinski definition) is 7. The predicted octanol–water partition coefficient (Wildman–Crippen LogP) is 1.88. The Morgan fingerprint density at radius 3 is 2.29 bits per heavy atom. The summed E-state index contributed by atoms with van der Waals surface area (Å²) in [6, 6.07) is 5.96. The molecule has 1 saturated heterocycles. The van der Waals surface area contributed by atoms with Gasteiger partial charge in [0.05, 0.1) is 5.69 Å². The van der Waals surface area contributed by atoms with Crippen molar-refractivity contribution in [2.24, 2.45) is 0 Å². The van der Waals surface area contributed by atoms with Crippen LogP contribution in [0.4, 0.5) is 11.6 Å².